The van der Waals surface area contributed by atoms with E-state index in [4.69, 9.17) is 10.00 Å². The molecule has 0 amide bonds. The highest BCUT2D eigenvalue weighted by atomic mass is 32.1. The minimum Gasteiger partial charge on any atom is -0.378 e. The smallest absolute Gasteiger partial charge is 0.189 e. The van der Waals surface area contributed by atoms with Gasteiger partial charge in [-0.3, -0.25) is 0 Å². The molecule has 0 spiro atoms. The molecule has 0 saturated carbocycles. The van der Waals surface area contributed by atoms with Gasteiger partial charge in [0, 0.05) is 31.0 Å². The van der Waals surface area contributed by atoms with E-state index in [1.807, 2.05) is 24.3 Å². The highest BCUT2D eigenvalue weighted by molar-refractivity contribution is 7.22. The molecule has 4 rings (SSSR count). The standard InChI is InChI=1S/C17H15N5OS/c18-11-12-1-2-14-15(9-12)24-17(20-14)21-16-10-13(3-4-19-16)22-5-7-23-8-6-22/h1-4,9-10H,5-8H2,(H,19,20,21). The van der Waals surface area contributed by atoms with Crippen LogP contribution in [0, 0.1) is 11.3 Å². The number of ether oxygens (including phenoxy) is 1. The average Bonchev–Trinajstić information content (AvgIpc) is 3.04. The number of nitrogens with zero attached hydrogens (tertiary/aromatic N) is 4. The van der Waals surface area contributed by atoms with E-state index in [0.717, 1.165) is 53.2 Å². The first-order valence-electron chi connectivity index (χ1n) is 7.68. The summed E-state index contributed by atoms with van der Waals surface area (Å²) in [5.74, 6) is 0.763. The SMILES string of the molecule is N#Cc1ccc2nc(Nc3cc(N4CCOCC4)ccn3)sc2c1. The van der Waals surface area contributed by atoms with Crippen LogP contribution >= 0.6 is 11.3 Å². The number of fused-ring (bicyclic) bond motifs is 1. The van der Waals surface area contributed by atoms with Crippen LogP contribution in [-0.2, 0) is 4.74 Å². The predicted molar refractivity (Wildman–Crippen MR) is 94.9 cm³/mol. The molecule has 0 radical (unpaired) electrons. The number of aromatic nitrogens is 2. The molecule has 24 heavy (non-hydrogen) atoms. The van der Waals surface area contributed by atoms with E-state index in [1.54, 1.807) is 12.3 Å². The zero-order chi connectivity index (χ0) is 16.4. The fourth-order valence-corrected chi connectivity index (χ4v) is 3.58. The lowest BCUT2D eigenvalue weighted by molar-refractivity contribution is 0.122. The second-order valence-corrected chi connectivity index (χ2v) is 6.47. The van der Waals surface area contributed by atoms with Crippen molar-refractivity contribution in [3.8, 4) is 6.07 Å². The van der Waals surface area contributed by atoms with Gasteiger partial charge in [0.25, 0.3) is 0 Å². The van der Waals surface area contributed by atoms with Crippen molar-refractivity contribution in [3.05, 3.63) is 42.1 Å². The number of thiazole rings is 1. The lowest BCUT2D eigenvalue weighted by atomic mass is 10.2. The maximum absolute atomic E-state index is 8.99. The molecule has 1 saturated heterocycles. The number of hydrogen-bond acceptors (Lipinski definition) is 7. The fourth-order valence-electron chi connectivity index (χ4n) is 2.66. The molecule has 6 nitrogen and oxygen atoms in total. The molecule has 1 fully saturated rings. The first kappa shape index (κ1) is 14.9. The molecule has 1 aliphatic rings. The second kappa shape index (κ2) is 6.43. The maximum atomic E-state index is 8.99. The molecule has 1 N–H and O–H groups in total. The zero-order valence-corrected chi connectivity index (χ0v) is 13.7. The highest BCUT2D eigenvalue weighted by Crippen LogP contribution is 2.29. The molecule has 0 aliphatic carbocycles. The minimum atomic E-state index is 0.644. The van der Waals surface area contributed by atoms with Crippen molar-refractivity contribution in [2.75, 3.05) is 36.5 Å². The maximum Gasteiger partial charge on any atom is 0.189 e. The number of anilines is 3. The van der Waals surface area contributed by atoms with Gasteiger partial charge >= 0.3 is 0 Å². The van der Waals surface area contributed by atoms with E-state index in [0.29, 0.717) is 5.56 Å². The summed E-state index contributed by atoms with van der Waals surface area (Å²) in [6.45, 7) is 3.29. The predicted octanol–water partition coefficient (Wildman–Crippen LogP) is 3.14. The molecular weight excluding hydrogens is 322 g/mol. The van der Waals surface area contributed by atoms with Gasteiger partial charge in [0.1, 0.15) is 5.82 Å². The van der Waals surface area contributed by atoms with Crippen LogP contribution in [0.5, 0.6) is 0 Å². The first-order valence-corrected chi connectivity index (χ1v) is 8.50. The molecule has 1 aliphatic heterocycles. The quantitative estimate of drug-likeness (QED) is 0.791. The Labute approximate surface area is 143 Å². The Hall–Kier alpha value is -2.69. The lowest BCUT2D eigenvalue weighted by Gasteiger charge is -2.28. The molecule has 3 heterocycles. The molecule has 3 aromatic rings. The normalized spacial score (nSPS) is 14.5. The monoisotopic (exact) mass is 337 g/mol. The Morgan fingerprint density at radius 1 is 1.21 bits per heavy atom. The van der Waals surface area contributed by atoms with Crippen molar-refractivity contribution in [1.82, 2.24) is 9.97 Å². The van der Waals surface area contributed by atoms with Crippen molar-refractivity contribution in [3.63, 3.8) is 0 Å². The van der Waals surface area contributed by atoms with Crippen LogP contribution in [0.25, 0.3) is 10.2 Å². The van der Waals surface area contributed by atoms with Gasteiger partial charge in [-0.1, -0.05) is 11.3 Å². The Bertz CT molecular complexity index is 911. The zero-order valence-electron chi connectivity index (χ0n) is 12.9. The number of rotatable bonds is 3. The Kier molecular flexibility index (Phi) is 3.99. The first-order chi connectivity index (χ1) is 11.8. The van der Waals surface area contributed by atoms with Gasteiger partial charge in [0.05, 0.1) is 35.1 Å². The average molecular weight is 337 g/mol. The van der Waals surface area contributed by atoms with Crippen LogP contribution < -0.4 is 10.2 Å². The Morgan fingerprint density at radius 3 is 2.92 bits per heavy atom. The van der Waals surface area contributed by atoms with Crippen LogP contribution in [0.4, 0.5) is 16.6 Å². The molecule has 7 heteroatoms. The summed E-state index contributed by atoms with van der Waals surface area (Å²) in [5.41, 5.74) is 2.65. The third kappa shape index (κ3) is 3.02. The lowest BCUT2D eigenvalue weighted by Crippen LogP contribution is -2.36. The number of nitriles is 1. The van der Waals surface area contributed by atoms with E-state index in [9.17, 15) is 0 Å². The van der Waals surface area contributed by atoms with Crippen molar-refractivity contribution >= 4 is 38.2 Å². The molecule has 0 bridgehead atoms. The topological polar surface area (TPSA) is 74.1 Å². The van der Waals surface area contributed by atoms with Crippen molar-refractivity contribution < 1.29 is 4.74 Å². The fraction of sp³-hybridized carbons (Fsp3) is 0.235. The molecule has 0 unspecified atom stereocenters. The van der Waals surface area contributed by atoms with Crippen LogP contribution in [0.1, 0.15) is 5.56 Å². The highest BCUT2D eigenvalue weighted by Gasteiger charge is 2.12. The van der Waals surface area contributed by atoms with Gasteiger partial charge < -0.3 is 15.0 Å². The summed E-state index contributed by atoms with van der Waals surface area (Å²) in [5, 5.41) is 13.0. The summed E-state index contributed by atoms with van der Waals surface area (Å²) in [7, 11) is 0. The molecule has 1 aromatic carbocycles. The third-order valence-corrected chi connectivity index (χ3v) is 4.81. The summed E-state index contributed by atoms with van der Waals surface area (Å²) in [6, 6.07) is 11.7. The number of hydrogen-bond donors (Lipinski definition) is 1. The number of benzene rings is 1. The van der Waals surface area contributed by atoms with E-state index >= 15 is 0 Å². The molecule has 0 atom stereocenters. The Morgan fingerprint density at radius 2 is 2.08 bits per heavy atom. The van der Waals surface area contributed by atoms with E-state index in [1.165, 1.54) is 11.3 Å². The summed E-state index contributed by atoms with van der Waals surface area (Å²) in [6.07, 6.45) is 1.80. The summed E-state index contributed by atoms with van der Waals surface area (Å²) < 4.78 is 6.38. The van der Waals surface area contributed by atoms with Gasteiger partial charge in [-0.2, -0.15) is 5.26 Å². The third-order valence-electron chi connectivity index (χ3n) is 3.87. The summed E-state index contributed by atoms with van der Waals surface area (Å²) >= 11 is 1.52. The Balaban J connectivity index is 1.57. The van der Waals surface area contributed by atoms with Crippen LogP contribution in [0.3, 0.4) is 0 Å². The van der Waals surface area contributed by atoms with Gasteiger partial charge in [-0.25, -0.2) is 9.97 Å². The van der Waals surface area contributed by atoms with Gasteiger partial charge in [-0.05, 0) is 24.3 Å². The van der Waals surface area contributed by atoms with Crippen molar-refractivity contribution in [1.29, 1.82) is 5.26 Å². The molecular formula is C17H15N5OS. The summed E-state index contributed by atoms with van der Waals surface area (Å²) in [4.78, 5) is 11.2. The molecule has 2 aromatic heterocycles. The number of pyridine rings is 1. The van der Waals surface area contributed by atoms with Crippen LogP contribution in [-0.4, -0.2) is 36.3 Å². The van der Waals surface area contributed by atoms with E-state index in [-0.39, 0.29) is 0 Å². The van der Waals surface area contributed by atoms with Gasteiger partial charge in [0.15, 0.2) is 5.13 Å². The van der Waals surface area contributed by atoms with E-state index < -0.39 is 0 Å². The van der Waals surface area contributed by atoms with Crippen molar-refractivity contribution in [2.24, 2.45) is 0 Å². The minimum absolute atomic E-state index is 0.644. The van der Waals surface area contributed by atoms with Gasteiger partial charge in [-0.15, -0.1) is 0 Å². The van der Waals surface area contributed by atoms with Crippen molar-refractivity contribution in [2.45, 2.75) is 0 Å². The molecule has 120 valence electrons. The largest absolute Gasteiger partial charge is 0.378 e. The number of morpholine rings is 1. The van der Waals surface area contributed by atoms with E-state index in [2.05, 4.69) is 26.3 Å². The van der Waals surface area contributed by atoms with Crippen LogP contribution in [0.2, 0.25) is 0 Å². The van der Waals surface area contributed by atoms with Gasteiger partial charge in [0.2, 0.25) is 0 Å². The second-order valence-electron chi connectivity index (χ2n) is 5.44. The number of nitrogens with one attached hydrogen (secondary N) is 1. The van der Waals surface area contributed by atoms with Crippen LogP contribution in [0.15, 0.2) is 36.5 Å².